The van der Waals surface area contributed by atoms with Gasteiger partial charge in [-0.1, -0.05) is 11.6 Å². The van der Waals surface area contributed by atoms with Crippen LogP contribution in [-0.4, -0.2) is 26.1 Å². The first kappa shape index (κ1) is 16.0. The Morgan fingerprint density at radius 3 is 2.62 bits per heavy atom. The van der Waals surface area contributed by atoms with E-state index in [0.29, 0.717) is 5.69 Å². The number of nitrogens with zero attached hydrogens (tertiary/aromatic N) is 4. The van der Waals surface area contributed by atoms with Gasteiger partial charge in [0.25, 0.3) is 5.91 Å². The Morgan fingerprint density at radius 2 is 1.96 bits per heavy atom. The maximum atomic E-state index is 13.3. The maximum Gasteiger partial charge on any atom is 0.257 e. The Labute approximate surface area is 140 Å². The first-order valence-corrected chi connectivity index (χ1v) is 7.13. The highest BCUT2D eigenvalue weighted by Crippen LogP contribution is 2.23. The van der Waals surface area contributed by atoms with Crippen LogP contribution < -0.4 is 5.32 Å². The highest BCUT2D eigenvalue weighted by atomic mass is 35.5. The zero-order valence-electron chi connectivity index (χ0n) is 12.3. The molecule has 1 amide bonds. The molecule has 1 aromatic heterocycles. The Balaban J connectivity index is 1.85. The smallest absolute Gasteiger partial charge is 0.257 e. The molecular weight excluding hydrogens is 340 g/mol. The van der Waals surface area contributed by atoms with E-state index in [1.54, 1.807) is 18.2 Å². The topological polar surface area (TPSA) is 72.7 Å². The summed E-state index contributed by atoms with van der Waals surface area (Å²) in [6, 6.07) is 6.57. The summed E-state index contributed by atoms with van der Waals surface area (Å²) in [5, 5.41) is 13.3. The second-order valence-corrected chi connectivity index (χ2v) is 5.36. The molecule has 3 rings (SSSR count). The number of aryl methyl sites for hydroxylation is 1. The zero-order valence-corrected chi connectivity index (χ0v) is 13.1. The van der Waals surface area contributed by atoms with Crippen molar-refractivity contribution >= 4 is 23.2 Å². The molecule has 0 fully saturated rings. The van der Waals surface area contributed by atoms with Crippen LogP contribution in [0.15, 0.2) is 36.7 Å². The van der Waals surface area contributed by atoms with E-state index in [4.69, 9.17) is 11.6 Å². The second-order valence-electron chi connectivity index (χ2n) is 4.96. The molecule has 0 bridgehead atoms. The summed E-state index contributed by atoms with van der Waals surface area (Å²) in [5.74, 6) is -2.90. The van der Waals surface area contributed by atoms with Crippen molar-refractivity contribution in [2.75, 3.05) is 5.32 Å². The number of hydrogen-bond acceptors (Lipinski definition) is 4. The van der Waals surface area contributed by atoms with Crippen molar-refractivity contribution in [3.05, 3.63) is 64.4 Å². The van der Waals surface area contributed by atoms with E-state index in [0.717, 1.165) is 23.4 Å². The van der Waals surface area contributed by atoms with Gasteiger partial charge in [-0.3, -0.25) is 4.79 Å². The van der Waals surface area contributed by atoms with Crippen LogP contribution in [0.5, 0.6) is 0 Å². The summed E-state index contributed by atoms with van der Waals surface area (Å²) < 4.78 is 27.8. The quantitative estimate of drug-likeness (QED) is 0.737. The van der Waals surface area contributed by atoms with E-state index in [1.165, 1.54) is 11.0 Å². The van der Waals surface area contributed by atoms with E-state index < -0.39 is 17.5 Å². The summed E-state index contributed by atoms with van der Waals surface area (Å²) in [7, 11) is 0. The predicted octanol–water partition coefficient (Wildman–Crippen LogP) is 3.15. The number of hydrogen-bond donors (Lipinski definition) is 1. The monoisotopic (exact) mass is 349 g/mol. The first-order valence-electron chi connectivity index (χ1n) is 6.75. The van der Waals surface area contributed by atoms with Crippen molar-refractivity contribution < 1.29 is 13.6 Å². The van der Waals surface area contributed by atoms with Gasteiger partial charge in [0.05, 0.1) is 16.3 Å². The van der Waals surface area contributed by atoms with Gasteiger partial charge in [0.1, 0.15) is 6.33 Å². The fourth-order valence-electron chi connectivity index (χ4n) is 2.16. The van der Waals surface area contributed by atoms with Gasteiger partial charge in [0, 0.05) is 5.69 Å². The summed E-state index contributed by atoms with van der Waals surface area (Å²) in [4.78, 5) is 12.2. The molecule has 6 nitrogen and oxygen atoms in total. The number of anilines is 1. The molecule has 2 aromatic carbocycles. The van der Waals surface area contributed by atoms with Gasteiger partial charge < -0.3 is 5.32 Å². The highest BCUT2D eigenvalue weighted by Gasteiger charge is 2.15. The molecular formula is C15H10ClF2N5O. The number of halogens is 3. The second kappa shape index (κ2) is 6.32. The van der Waals surface area contributed by atoms with Gasteiger partial charge in [0.15, 0.2) is 11.6 Å². The van der Waals surface area contributed by atoms with Crippen LogP contribution in [-0.2, 0) is 0 Å². The molecule has 0 aliphatic carbocycles. The summed E-state index contributed by atoms with van der Waals surface area (Å²) >= 11 is 5.79. The molecule has 0 saturated carbocycles. The molecule has 3 aromatic rings. The fourth-order valence-corrected chi connectivity index (χ4v) is 2.39. The number of amides is 1. The number of rotatable bonds is 3. The van der Waals surface area contributed by atoms with Crippen molar-refractivity contribution in [1.82, 2.24) is 20.2 Å². The number of carbonyl (C=O) groups is 1. The molecule has 0 spiro atoms. The lowest BCUT2D eigenvalue weighted by molar-refractivity contribution is 0.102. The average molecular weight is 350 g/mol. The predicted molar refractivity (Wildman–Crippen MR) is 83.2 cm³/mol. The fraction of sp³-hybridized carbons (Fsp3) is 0.0667. The molecule has 0 saturated heterocycles. The van der Waals surface area contributed by atoms with Crippen LogP contribution >= 0.6 is 11.6 Å². The van der Waals surface area contributed by atoms with Gasteiger partial charge in [-0.05, 0) is 53.2 Å². The molecule has 1 N–H and O–H groups in total. The molecule has 9 heteroatoms. The molecule has 1 heterocycles. The SMILES string of the molecule is Cc1cc(NC(=O)c2cc(F)c(F)cc2Cl)ccc1-n1cnnn1. The van der Waals surface area contributed by atoms with E-state index in [2.05, 4.69) is 20.8 Å². The molecule has 24 heavy (non-hydrogen) atoms. The van der Waals surface area contributed by atoms with Gasteiger partial charge in [0.2, 0.25) is 0 Å². The van der Waals surface area contributed by atoms with E-state index >= 15 is 0 Å². The summed E-state index contributed by atoms with van der Waals surface area (Å²) in [5.41, 5.74) is 1.85. The van der Waals surface area contributed by atoms with Gasteiger partial charge in [-0.15, -0.1) is 5.10 Å². The van der Waals surface area contributed by atoms with Gasteiger partial charge >= 0.3 is 0 Å². The molecule has 0 unspecified atom stereocenters. The summed E-state index contributed by atoms with van der Waals surface area (Å²) in [6.07, 6.45) is 1.45. The zero-order chi connectivity index (χ0) is 17.3. The van der Waals surface area contributed by atoms with Crippen molar-refractivity contribution in [2.45, 2.75) is 6.92 Å². The van der Waals surface area contributed by atoms with E-state index in [1.807, 2.05) is 6.92 Å². The number of tetrazole rings is 1. The van der Waals surface area contributed by atoms with Crippen LogP contribution in [0, 0.1) is 18.6 Å². The lowest BCUT2D eigenvalue weighted by Gasteiger charge is -2.10. The highest BCUT2D eigenvalue weighted by molar-refractivity contribution is 6.34. The number of nitrogens with one attached hydrogen (secondary N) is 1. The number of aromatic nitrogens is 4. The minimum atomic E-state index is -1.14. The van der Waals surface area contributed by atoms with Crippen LogP contribution in [0.3, 0.4) is 0 Å². The van der Waals surface area contributed by atoms with Crippen molar-refractivity contribution in [1.29, 1.82) is 0 Å². The summed E-state index contributed by atoms with van der Waals surface area (Å²) in [6.45, 7) is 1.82. The average Bonchev–Trinajstić information content (AvgIpc) is 3.05. The Bertz CT molecular complexity index is 914. The minimum absolute atomic E-state index is 0.155. The molecule has 0 radical (unpaired) electrons. The number of carbonyl (C=O) groups excluding carboxylic acids is 1. The third-order valence-electron chi connectivity index (χ3n) is 3.31. The third-order valence-corrected chi connectivity index (χ3v) is 3.62. The third kappa shape index (κ3) is 3.09. The molecule has 0 atom stereocenters. The Kier molecular flexibility index (Phi) is 4.22. The van der Waals surface area contributed by atoms with Crippen LogP contribution in [0.1, 0.15) is 15.9 Å². The number of benzene rings is 2. The largest absolute Gasteiger partial charge is 0.322 e. The standard InChI is InChI=1S/C15H10ClF2N5O/c1-8-4-9(2-3-14(8)23-7-19-21-22-23)20-15(24)10-5-12(17)13(18)6-11(10)16/h2-7H,1H3,(H,20,24). The molecule has 0 aliphatic heterocycles. The molecule has 122 valence electrons. The molecule has 0 aliphatic rings. The van der Waals surface area contributed by atoms with E-state index in [9.17, 15) is 13.6 Å². The van der Waals surface area contributed by atoms with Crippen LogP contribution in [0.4, 0.5) is 14.5 Å². The van der Waals surface area contributed by atoms with Crippen molar-refractivity contribution in [3.8, 4) is 5.69 Å². The van der Waals surface area contributed by atoms with Crippen molar-refractivity contribution in [3.63, 3.8) is 0 Å². The lowest BCUT2D eigenvalue weighted by Crippen LogP contribution is -2.13. The maximum absolute atomic E-state index is 13.3. The van der Waals surface area contributed by atoms with Crippen LogP contribution in [0.25, 0.3) is 5.69 Å². The Morgan fingerprint density at radius 1 is 1.21 bits per heavy atom. The lowest BCUT2D eigenvalue weighted by atomic mass is 10.1. The first-order chi connectivity index (χ1) is 11.5. The van der Waals surface area contributed by atoms with Crippen LogP contribution in [0.2, 0.25) is 5.02 Å². The Hall–Kier alpha value is -2.87. The normalized spacial score (nSPS) is 10.7. The minimum Gasteiger partial charge on any atom is -0.322 e. The van der Waals surface area contributed by atoms with Crippen molar-refractivity contribution in [2.24, 2.45) is 0 Å². The van der Waals surface area contributed by atoms with E-state index in [-0.39, 0.29) is 10.6 Å². The van der Waals surface area contributed by atoms with Gasteiger partial charge in [-0.2, -0.15) is 0 Å². The van der Waals surface area contributed by atoms with Gasteiger partial charge in [-0.25, -0.2) is 13.5 Å².